The molecular weight excluding hydrogens is 442 g/mol. The average molecular weight is 478 g/mol. The van der Waals surface area contributed by atoms with Gasteiger partial charge in [-0.2, -0.15) is 10.2 Å². The molecule has 2 aliphatic rings. The van der Waals surface area contributed by atoms with E-state index in [2.05, 4.69) is 66.3 Å². The van der Waals surface area contributed by atoms with Gasteiger partial charge >= 0.3 is 0 Å². The van der Waals surface area contributed by atoms with E-state index in [4.69, 9.17) is 4.74 Å². The molecule has 1 saturated heterocycles. The molecule has 2 aromatic rings. The van der Waals surface area contributed by atoms with Crippen LogP contribution < -0.4 is 20.3 Å². The fraction of sp³-hybridized carbons (Fsp3) is 0.538. The Kier molecular flexibility index (Phi) is 6.60. The third kappa shape index (κ3) is 5.03. The highest BCUT2D eigenvalue weighted by atomic mass is 16.5. The van der Waals surface area contributed by atoms with E-state index in [0.717, 1.165) is 30.6 Å². The number of amides is 1. The van der Waals surface area contributed by atoms with Crippen LogP contribution in [0.5, 0.6) is 5.75 Å². The average Bonchev–Trinajstić information content (AvgIpc) is 2.79. The molecule has 2 aliphatic heterocycles. The topological polar surface area (TPSA) is 106 Å². The summed E-state index contributed by atoms with van der Waals surface area (Å²) in [5.41, 5.74) is 1.94. The summed E-state index contributed by atoms with van der Waals surface area (Å²) in [7, 11) is 2.17. The van der Waals surface area contributed by atoms with Gasteiger partial charge in [0, 0.05) is 35.4 Å². The number of hydrogen-bond acceptors (Lipinski definition) is 8. The lowest BCUT2D eigenvalue weighted by Gasteiger charge is -2.53. The van der Waals surface area contributed by atoms with Gasteiger partial charge in [0.25, 0.3) is 5.91 Å². The van der Waals surface area contributed by atoms with Gasteiger partial charge < -0.3 is 20.3 Å². The number of nitriles is 1. The summed E-state index contributed by atoms with van der Waals surface area (Å²) in [5, 5.41) is 16.4. The van der Waals surface area contributed by atoms with Crippen molar-refractivity contribution in [1.82, 2.24) is 14.9 Å². The molecule has 186 valence electrons. The predicted octanol–water partition coefficient (Wildman–Crippen LogP) is 4.29. The molecule has 9 nitrogen and oxygen atoms in total. The summed E-state index contributed by atoms with van der Waals surface area (Å²) in [5.74, 6) is 1.52. The van der Waals surface area contributed by atoms with Gasteiger partial charge in [-0.3, -0.25) is 9.69 Å². The Hall–Kier alpha value is -3.38. The molecule has 3 heterocycles. The molecule has 0 unspecified atom stereocenters. The largest absolute Gasteiger partial charge is 0.481 e. The fourth-order valence-electron chi connectivity index (χ4n) is 5.18. The molecule has 0 atom stereocenters. The third-order valence-electron chi connectivity index (χ3n) is 7.16. The molecule has 1 aromatic heterocycles. The van der Waals surface area contributed by atoms with Crippen molar-refractivity contribution in [1.29, 1.82) is 5.26 Å². The Balaban J connectivity index is 1.55. The van der Waals surface area contributed by atoms with E-state index in [-0.39, 0.29) is 29.6 Å². The lowest BCUT2D eigenvalue weighted by molar-refractivity contribution is -0.121. The van der Waals surface area contributed by atoms with E-state index in [1.807, 2.05) is 25.1 Å². The minimum absolute atomic E-state index is 0.0104. The van der Waals surface area contributed by atoms with Crippen LogP contribution in [0.2, 0.25) is 0 Å². The number of carbonyl (C=O) groups excluding carboxylic acids is 1. The SMILES string of the molecule is CCCN1C(=O)COc2cc(Nc3ncc(C#N)c(NC4CC(C)(C)N(C)C(C)(C)C4)n3)ccc21. The number of rotatable bonds is 6. The Morgan fingerprint density at radius 2 is 1.94 bits per heavy atom. The predicted molar refractivity (Wildman–Crippen MR) is 137 cm³/mol. The Morgan fingerprint density at radius 1 is 1.23 bits per heavy atom. The van der Waals surface area contributed by atoms with E-state index in [1.165, 1.54) is 0 Å². The number of piperidine rings is 1. The van der Waals surface area contributed by atoms with Crippen molar-refractivity contribution in [2.75, 3.05) is 35.7 Å². The first-order valence-electron chi connectivity index (χ1n) is 12.2. The molecule has 1 amide bonds. The zero-order valence-corrected chi connectivity index (χ0v) is 21.5. The molecule has 0 saturated carbocycles. The maximum absolute atomic E-state index is 12.2. The van der Waals surface area contributed by atoms with Crippen LogP contribution >= 0.6 is 0 Å². The van der Waals surface area contributed by atoms with Gasteiger partial charge in [0.1, 0.15) is 23.2 Å². The molecule has 2 N–H and O–H groups in total. The standard InChI is InChI=1S/C26H35N7O2/c1-7-10-33-20-9-8-18(11-21(20)35-16-22(33)34)30-24-28-15-17(14-27)23(31-24)29-19-12-25(2,3)32(6)26(4,5)13-19/h8-9,11,15,19H,7,10,12-13,16H2,1-6H3,(H2,28,29,30,31). The zero-order valence-electron chi connectivity index (χ0n) is 21.5. The van der Waals surface area contributed by atoms with Crippen LogP contribution in [-0.2, 0) is 4.79 Å². The quantitative estimate of drug-likeness (QED) is 0.635. The van der Waals surface area contributed by atoms with Crippen LogP contribution in [0.3, 0.4) is 0 Å². The molecule has 1 fully saturated rings. The minimum Gasteiger partial charge on any atom is -0.481 e. The van der Waals surface area contributed by atoms with Crippen LogP contribution in [0.1, 0.15) is 59.4 Å². The summed E-state index contributed by atoms with van der Waals surface area (Å²) in [4.78, 5) is 25.4. The second-order valence-corrected chi connectivity index (χ2v) is 10.6. The monoisotopic (exact) mass is 477 g/mol. The third-order valence-corrected chi connectivity index (χ3v) is 7.16. The maximum Gasteiger partial charge on any atom is 0.265 e. The van der Waals surface area contributed by atoms with Crippen molar-refractivity contribution >= 4 is 29.0 Å². The van der Waals surface area contributed by atoms with E-state index >= 15 is 0 Å². The summed E-state index contributed by atoms with van der Waals surface area (Å²) >= 11 is 0. The van der Waals surface area contributed by atoms with Crippen molar-refractivity contribution in [3.63, 3.8) is 0 Å². The highest BCUT2D eigenvalue weighted by molar-refractivity contribution is 5.98. The number of anilines is 4. The second-order valence-electron chi connectivity index (χ2n) is 10.6. The van der Waals surface area contributed by atoms with Crippen molar-refractivity contribution in [3.05, 3.63) is 30.0 Å². The Morgan fingerprint density at radius 3 is 2.60 bits per heavy atom. The van der Waals surface area contributed by atoms with Crippen LogP contribution in [0.4, 0.5) is 23.1 Å². The number of fused-ring (bicyclic) bond motifs is 1. The fourth-order valence-corrected chi connectivity index (χ4v) is 5.18. The van der Waals surface area contributed by atoms with Gasteiger partial charge in [0.15, 0.2) is 6.61 Å². The lowest BCUT2D eigenvalue weighted by atomic mass is 9.77. The summed E-state index contributed by atoms with van der Waals surface area (Å²) in [6.45, 7) is 11.7. The van der Waals surface area contributed by atoms with Crippen LogP contribution in [-0.4, -0.2) is 58.1 Å². The minimum atomic E-state index is -0.0357. The van der Waals surface area contributed by atoms with E-state index < -0.39 is 0 Å². The van der Waals surface area contributed by atoms with Crippen molar-refractivity contribution < 1.29 is 9.53 Å². The number of carbonyl (C=O) groups is 1. The molecule has 9 heteroatoms. The zero-order chi connectivity index (χ0) is 25.4. The van der Waals surface area contributed by atoms with Crippen LogP contribution in [0.15, 0.2) is 24.4 Å². The first-order chi connectivity index (χ1) is 16.5. The number of ether oxygens (including phenoxy) is 1. The van der Waals surface area contributed by atoms with Gasteiger partial charge in [0.05, 0.1) is 11.9 Å². The van der Waals surface area contributed by atoms with E-state index in [1.54, 1.807) is 11.1 Å². The van der Waals surface area contributed by atoms with E-state index in [9.17, 15) is 10.1 Å². The number of benzene rings is 1. The van der Waals surface area contributed by atoms with Gasteiger partial charge in [-0.1, -0.05) is 6.92 Å². The van der Waals surface area contributed by atoms with Crippen LogP contribution in [0.25, 0.3) is 0 Å². The molecular formula is C26H35N7O2. The van der Waals surface area contributed by atoms with Crippen molar-refractivity contribution in [3.8, 4) is 11.8 Å². The number of aromatic nitrogens is 2. The molecule has 0 bridgehead atoms. The first kappa shape index (κ1) is 24.7. The smallest absolute Gasteiger partial charge is 0.265 e. The normalized spacial score (nSPS) is 19.5. The van der Waals surface area contributed by atoms with Crippen LogP contribution in [0, 0.1) is 11.3 Å². The molecule has 4 rings (SSSR count). The highest BCUT2D eigenvalue weighted by Crippen LogP contribution is 2.38. The first-order valence-corrected chi connectivity index (χ1v) is 12.2. The van der Waals surface area contributed by atoms with Gasteiger partial charge in [-0.25, -0.2) is 4.98 Å². The molecule has 0 radical (unpaired) electrons. The number of likely N-dealkylation sites (tertiary alicyclic amines) is 1. The molecule has 35 heavy (non-hydrogen) atoms. The summed E-state index contributed by atoms with van der Waals surface area (Å²) in [6, 6.07) is 7.97. The summed E-state index contributed by atoms with van der Waals surface area (Å²) in [6.07, 6.45) is 4.27. The van der Waals surface area contributed by atoms with Crippen molar-refractivity contribution in [2.45, 2.75) is 71.0 Å². The number of nitrogens with zero attached hydrogens (tertiary/aromatic N) is 5. The van der Waals surface area contributed by atoms with Crippen molar-refractivity contribution in [2.24, 2.45) is 0 Å². The molecule has 0 spiro atoms. The van der Waals surface area contributed by atoms with E-state index in [0.29, 0.717) is 29.6 Å². The van der Waals surface area contributed by atoms with Gasteiger partial charge in [0.2, 0.25) is 5.95 Å². The van der Waals surface area contributed by atoms with Gasteiger partial charge in [-0.15, -0.1) is 0 Å². The lowest BCUT2D eigenvalue weighted by Crippen LogP contribution is -2.61. The van der Waals surface area contributed by atoms with Gasteiger partial charge in [-0.05, 0) is 66.1 Å². The Labute approximate surface area is 207 Å². The number of hydrogen-bond donors (Lipinski definition) is 2. The molecule has 1 aromatic carbocycles. The maximum atomic E-state index is 12.2. The molecule has 0 aliphatic carbocycles. The number of nitrogens with one attached hydrogen (secondary N) is 2. The summed E-state index contributed by atoms with van der Waals surface area (Å²) < 4.78 is 5.67. The second kappa shape index (κ2) is 9.34. The highest BCUT2D eigenvalue weighted by Gasteiger charge is 2.43. The Bertz CT molecular complexity index is 1140.